The second-order valence-corrected chi connectivity index (χ2v) is 4.96. The first-order valence-electron chi connectivity index (χ1n) is 7.03. The van der Waals surface area contributed by atoms with Crippen LogP contribution < -0.4 is 5.32 Å². The summed E-state index contributed by atoms with van der Waals surface area (Å²) in [5, 5.41) is 20.1. The van der Waals surface area contributed by atoms with Gasteiger partial charge in [0.25, 0.3) is 5.78 Å². The number of hydrogen-bond acceptors (Lipinski definition) is 5. The molecule has 2 N–H and O–H groups in total. The highest BCUT2D eigenvalue weighted by Crippen LogP contribution is 2.13. The molecule has 2 heterocycles. The molecule has 0 aliphatic carbocycles. The van der Waals surface area contributed by atoms with Crippen LogP contribution in [0.2, 0.25) is 0 Å². The Hall–Kier alpha value is -3.22. The lowest BCUT2D eigenvalue weighted by molar-refractivity contribution is -0.120. The van der Waals surface area contributed by atoms with Crippen LogP contribution in [0.15, 0.2) is 43.2 Å². The first-order valence-corrected chi connectivity index (χ1v) is 7.03. The molecule has 0 spiro atoms. The minimum absolute atomic E-state index is 0.0488. The Morgan fingerprint density at radius 1 is 1.39 bits per heavy atom. The molecular formula is C16H15N5O2. The summed E-state index contributed by atoms with van der Waals surface area (Å²) < 4.78 is 1.34. The Bertz CT molecular complexity index is 872. The van der Waals surface area contributed by atoms with E-state index in [0.29, 0.717) is 12.2 Å². The fraction of sp³-hybridized carbons (Fsp3) is 0.125. The van der Waals surface area contributed by atoms with E-state index in [4.69, 9.17) is 0 Å². The van der Waals surface area contributed by atoms with Crippen molar-refractivity contribution in [2.24, 2.45) is 0 Å². The minimum Gasteiger partial charge on any atom is -0.494 e. The van der Waals surface area contributed by atoms with Gasteiger partial charge in [0, 0.05) is 12.6 Å². The lowest BCUT2D eigenvalue weighted by Gasteiger charge is -2.08. The smallest absolute Gasteiger partial charge is 0.257 e. The first-order chi connectivity index (χ1) is 11.2. The molecular weight excluding hydrogens is 294 g/mol. The van der Waals surface area contributed by atoms with Crippen molar-refractivity contribution in [1.82, 2.24) is 24.9 Å². The maximum Gasteiger partial charge on any atom is 0.257 e. The zero-order valence-electron chi connectivity index (χ0n) is 12.3. The Morgan fingerprint density at radius 2 is 2.22 bits per heavy atom. The van der Waals surface area contributed by atoms with Crippen LogP contribution in [0.5, 0.6) is 5.88 Å². The predicted octanol–water partition coefficient (Wildman–Crippen LogP) is 1.33. The van der Waals surface area contributed by atoms with Gasteiger partial charge in [0.15, 0.2) is 0 Å². The summed E-state index contributed by atoms with van der Waals surface area (Å²) in [7, 11) is 0. The maximum atomic E-state index is 12.1. The number of benzene rings is 1. The second-order valence-electron chi connectivity index (χ2n) is 4.96. The first kappa shape index (κ1) is 14.7. The molecule has 3 rings (SSSR count). The normalized spacial score (nSPS) is 10.6. The third-order valence-electron chi connectivity index (χ3n) is 3.41. The SMILES string of the molecule is C=Cc1ccccc1CNC(=O)Cc1cc(O)n2cnnc2n1. The van der Waals surface area contributed by atoms with Crippen molar-refractivity contribution in [3.63, 3.8) is 0 Å². The number of carbonyl (C=O) groups excluding carboxylic acids is 1. The van der Waals surface area contributed by atoms with E-state index in [9.17, 15) is 9.90 Å². The van der Waals surface area contributed by atoms with E-state index in [2.05, 4.69) is 27.1 Å². The predicted molar refractivity (Wildman–Crippen MR) is 84.5 cm³/mol. The van der Waals surface area contributed by atoms with Crippen LogP contribution in [0.3, 0.4) is 0 Å². The molecule has 3 aromatic rings. The maximum absolute atomic E-state index is 12.1. The molecule has 1 aromatic carbocycles. The molecule has 0 saturated carbocycles. The second kappa shape index (κ2) is 6.27. The Kier molecular flexibility index (Phi) is 4.01. The van der Waals surface area contributed by atoms with Crippen LogP contribution in [0.25, 0.3) is 11.9 Å². The minimum atomic E-state index is -0.195. The molecule has 0 aliphatic heterocycles. The molecule has 7 nitrogen and oxygen atoms in total. The van der Waals surface area contributed by atoms with Crippen LogP contribution in [-0.4, -0.2) is 30.6 Å². The third kappa shape index (κ3) is 3.18. The number of aromatic nitrogens is 4. The van der Waals surface area contributed by atoms with E-state index in [1.165, 1.54) is 16.8 Å². The van der Waals surface area contributed by atoms with Crippen molar-refractivity contribution >= 4 is 17.8 Å². The number of aromatic hydroxyl groups is 1. The van der Waals surface area contributed by atoms with Gasteiger partial charge in [-0.15, -0.1) is 10.2 Å². The van der Waals surface area contributed by atoms with Crippen molar-refractivity contribution in [2.75, 3.05) is 0 Å². The summed E-state index contributed by atoms with van der Waals surface area (Å²) in [5.74, 6) is 0.00392. The lowest BCUT2D eigenvalue weighted by atomic mass is 10.1. The number of nitrogens with one attached hydrogen (secondary N) is 1. The molecule has 0 bridgehead atoms. The van der Waals surface area contributed by atoms with Gasteiger partial charge in [-0.25, -0.2) is 9.38 Å². The zero-order chi connectivity index (χ0) is 16.2. The molecule has 2 aromatic heterocycles. The van der Waals surface area contributed by atoms with Crippen molar-refractivity contribution in [3.8, 4) is 5.88 Å². The van der Waals surface area contributed by atoms with E-state index in [0.717, 1.165) is 11.1 Å². The molecule has 7 heteroatoms. The summed E-state index contributed by atoms with van der Waals surface area (Å²) in [6.07, 6.45) is 3.15. The summed E-state index contributed by atoms with van der Waals surface area (Å²) in [4.78, 5) is 16.2. The fourth-order valence-corrected chi connectivity index (χ4v) is 2.25. The number of rotatable bonds is 5. The zero-order valence-corrected chi connectivity index (χ0v) is 12.3. The van der Waals surface area contributed by atoms with E-state index in [1.807, 2.05) is 24.3 Å². The van der Waals surface area contributed by atoms with Crippen molar-refractivity contribution < 1.29 is 9.90 Å². The van der Waals surface area contributed by atoms with Gasteiger partial charge in [0.2, 0.25) is 11.8 Å². The van der Waals surface area contributed by atoms with Crippen LogP contribution in [-0.2, 0) is 17.8 Å². The van der Waals surface area contributed by atoms with Gasteiger partial charge in [-0.3, -0.25) is 4.79 Å². The van der Waals surface area contributed by atoms with E-state index >= 15 is 0 Å². The molecule has 0 fully saturated rings. The number of nitrogens with zero attached hydrogens (tertiary/aromatic N) is 4. The molecule has 23 heavy (non-hydrogen) atoms. The van der Waals surface area contributed by atoms with E-state index < -0.39 is 0 Å². The highest BCUT2D eigenvalue weighted by molar-refractivity contribution is 5.78. The number of hydrogen-bond donors (Lipinski definition) is 2. The lowest BCUT2D eigenvalue weighted by Crippen LogP contribution is -2.25. The highest BCUT2D eigenvalue weighted by atomic mass is 16.3. The third-order valence-corrected chi connectivity index (χ3v) is 3.41. The molecule has 0 unspecified atom stereocenters. The van der Waals surface area contributed by atoms with E-state index in [-0.39, 0.29) is 24.0 Å². The molecule has 0 atom stereocenters. The summed E-state index contributed by atoms with van der Waals surface area (Å²) in [6.45, 7) is 4.16. The van der Waals surface area contributed by atoms with Crippen LogP contribution in [0.4, 0.5) is 0 Å². The number of fused-ring (bicyclic) bond motifs is 1. The fourth-order valence-electron chi connectivity index (χ4n) is 2.25. The number of carbonyl (C=O) groups is 1. The van der Waals surface area contributed by atoms with Crippen LogP contribution in [0.1, 0.15) is 16.8 Å². The standard InChI is InChI=1S/C16H15N5O2/c1-2-11-5-3-4-6-12(11)9-17-14(22)7-13-8-15(23)21-10-18-20-16(21)19-13/h2-6,8,10,23H,1,7,9H2,(H,17,22). The molecule has 0 aliphatic rings. The van der Waals surface area contributed by atoms with Crippen molar-refractivity contribution in [2.45, 2.75) is 13.0 Å². The molecule has 0 saturated heterocycles. The average Bonchev–Trinajstić information content (AvgIpc) is 3.02. The van der Waals surface area contributed by atoms with E-state index in [1.54, 1.807) is 6.08 Å². The van der Waals surface area contributed by atoms with Gasteiger partial charge in [0.05, 0.1) is 12.1 Å². The quantitative estimate of drug-likeness (QED) is 0.742. The van der Waals surface area contributed by atoms with Gasteiger partial charge in [-0.1, -0.05) is 36.9 Å². The van der Waals surface area contributed by atoms with Gasteiger partial charge in [0.1, 0.15) is 6.33 Å². The molecule has 0 radical (unpaired) electrons. The van der Waals surface area contributed by atoms with Gasteiger partial charge in [-0.05, 0) is 11.1 Å². The van der Waals surface area contributed by atoms with Gasteiger partial charge < -0.3 is 10.4 Å². The topological polar surface area (TPSA) is 92.4 Å². The van der Waals surface area contributed by atoms with Gasteiger partial charge >= 0.3 is 0 Å². The number of amides is 1. The van der Waals surface area contributed by atoms with Crippen LogP contribution >= 0.6 is 0 Å². The molecule has 1 amide bonds. The van der Waals surface area contributed by atoms with Gasteiger partial charge in [-0.2, -0.15) is 0 Å². The summed E-state index contributed by atoms with van der Waals surface area (Å²) in [6, 6.07) is 9.13. The van der Waals surface area contributed by atoms with Crippen LogP contribution in [0, 0.1) is 0 Å². The average molecular weight is 309 g/mol. The Labute approximate surface area is 132 Å². The Morgan fingerprint density at radius 3 is 3.04 bits per heavy atom. The summed E-state index contributed by atoms with van der Waals surface area (Å²) >= 11 is 0. The highest BCUT2D eigenvalue weighted by Gasteiger charge is 2.10. The van der Waals surface area contributed by atoms with Crippen molar-refractivity contribution in [1.29, 1.82) is 0 Å². The summed E-state index contributed by atoms with van der Waals surface area (Å²) in [5.41, 5.74) is 2.39. The molecule has 116 valence electrons. The largest absolute Gasteiger partial charge is 0.494 e. The Balaban J connectivity index is 1.67. The monoisotopic (exact) mass is 309 g/mol. The van der Waals surface area contributed by atoms with Crippen molar-refractivity contribution in [3.05, 3.63) is 60.1 Å².